The highest BCUT2D eigenvalue weighted by Gasteiger charge is 2.19. The lowest BCUT2D eigenvalue weighted by molar-refractivity contribution is 0.110. The molecule has 4 nitrogen and oxygen atoms in total. The number of nitrogens with one attached hydrogen (secondary N) is 1. The number of methoxy groups -OCH3 is 2. The Morgan fingerprint density at radius 3 is 1.88 bits per heavy atom. The highest BCUT2D eigenvalue weighted by molar-refractivity contribution is 5.42. The summed E-state index contributed by atoms with van der Waals surface area (Å²) in [6.45, 7) is 4.80. The topological polar surface area (TPSA) is 39.7 Å². The molecule has 17 heavy (non-hydrogen) atoms. The second-order valence-corrected chi connectivity index (χ2v) is 4.44. The van der Waals surface area contributed by atoms with Gasteiger partial charge in [-0.15, -0.1) is 0 Å². The second-order valence-electron chi connectivity index (χ2n) is 4.44. The van der Waals surface area contributed by atoms with Crippen LogP contribution in [0.25, 0.3) is 0 Å². The molecule has 0 saturated heterocycles. The number of likely N-dealkylation sites (N-methyl/N-ethyl adjacent to an activating group) is 1. The first-order valence-electron chi connectivity index (χ1n) is 5.57. The molecule has 96 valence electrons. The maximum atomic E-state index is 5.90. The Morgan fingerprint density at radius 1 is 1.00 bits per heavy atom. The molecule has 0 spiro atoms. The van der Waals surface area contributed by atoms with Gasteiger partial charge in [-0.2, -0.15) is 0 Å². The SMILES string of the molecule is CNCC(C)(C)Oc1cc(OC)cc(OC)c1. The summed E-state index contributed by atoms with van der Waals surface area (Å²) in [5.41, 5.74) is -0.286. The molecule has 0 aliphatic rings. The van der Waals surface area contributed by atoms with Crippen molar-refractivity contribution in [3.8, 4) is 17.2 Å². The van der Waals surface area contributed by atoms with Crippen LogP contribution >= 0.6 is 0 Å². The lowest BCUT2D eigenvalue weighted by atomic mass is 10.1. The Morgan fingerprint density at radius 2 is 1.47 bits per heavy atom. The van der Waals surface area contributed by atoms with Crippen molar-refractivity contribution in [3.05, 3.63) is 18.2 Å². The predicted molar refractivity (Wildman–Crippen MR) is 68.2 cm³/mol. The third-order valence-electron chi connectivity index (χ3n) is 2.32. The number of ether oxygens (including phenoxy) is 3. The molecule has 0 amide bonds. The van der Waals surface area contributed by atoms with Gasteiger partial charge in [0.1, 0.15) is 22.8 Å². The minimum absolute atomic E-state index is 0.286. The van der Waals surface area contributed by atoms with Crippen molar-refractivity contribution in [2.75, 3.05) is 27.8 Å². The average molecular weight is 239 g/mol. The standard InChI is InChI=1S/C13H21NO3/c1-13(2,9-14-3)17-12-7-10(15-4)6-11(8-12)16-5/h6-8,14H,9H2,1-5H3. The van der Waals surface area contributed by atoms with Gasteiger partial charge < -0.3 is 19.5 Å². The van der Waals surface area contributed by atoms with Gasteiger partial charge in [0.25, 0.3) is 0 Å². The minimum atomic E-state index is -0.286. The molecule has 1 rings (SSSR count). The summed E-state index contributed by atoms with van der Waals surface area (Å²) < 4.78 is 16.3. The van der Waals surface area contributed by atoms with Crippen molar-refractivity contribution in [2.24, 2.45) is 0 Å². The number of hydrogen-bond acceptors (Lipinski definition) is 4. The quantitative estimate of drug-likeness (QED) is 0.825. The first kappa shape index (κ1) is 13.6. The molecular weight excluding hydrogens is 218 g/mol. The van der Waals surface area contributed by atoms with Crippen molar-refractivity contribution in [2.45, 2.75) is 19.4 Å². The van der Waals surface area contributed by atoms with E-state index in [-0.39, 0.29) is 5.60 Å². The Bertz CT molecular complexity index is 341. The predicted octanol–water partition coefficient (Wildman–Crippen LogP) is 2.08. The summed E-state index contributed by atoms with van der Waals surface area (Å²) in [7, 11) is 5.14. The highest BCUT2D eigenvalue weighted by atomic mass is 16.5. The van der Waals surface area contributed by atoms with E-state index in [1.54, 1.807) is 14.2 Å². The highest BCUT2D eigenvalue weighted by Crippen LogP contribution is 2.29. The largest absolute Gasteiger partial charge is 0.496 e. The van der Waals surface area contributed by atoms with E-state index in [2.05, 4.69) is 5.32 Å². The van der Waals surface area contributed by atoms with Crippen LogP contribution in [0, 0.1) is 0 Å². The molecule has 0 aliphatic carbocycles. The zero-order valence-corrected chi connectivity index (χ0v) is 11.2. The fourth-order valence-corrected chi connectivity index (χ4v) is 1.62. The van der Waals surface area contributed by atoms with Crippen molar-refractivity contribution >= 4 is 0 Å². The van der Waals surface area contributed by atoms with Gasteiger partial charge in [0.2, 0.25) is 0 Å². The molecule has 1 N–H and O–H groups in total. The van der Waals surface area contributed by atoms with Crippen molar-refractivity contribution < 1.29 is 14.2 Å². The van der Waals surface area contributed by atoms with E-state index in [0.29, 0.717) is 0 Å². The lowest BCUT2D eigenvalue weighted by Crippen LogP contribution is -2.38. The van der Waals surface area contributed by atoms with Gasteiger partial charge in [-0.05, 0) is 20.9 Å². The fourth-order valence-electron chi connectivity index (χ4n) is 1.62. The summed E-state index contributed by atoms with van der Waals surface area (Å²) in [6, 6.07) is 5.51. The molecule has 4 heteroatoms. The minimum Gasteiger partial charge on any atom is -0.496 e. The van der Waals surface area contributed by atoms with E-state index in [4.69, 9.17) is 14.2 Å². The Balaban J connectivity index is 2.89. The Kier molecular flexibility index (Phi) is 4.63. The molecular formula is C13H21NO3. The Hall–Kier alpha value is -1.42. The molecule has 0 heterocycles. The molecule has 0 aromatic heterocycles. The number of benzene rings is 1. The molecule has 0 bridgehead atoms. The van der Waals surface area contributed by atoms with Crippen LogP contribution in [0.1, 0.15) is 13.8 Å². The fraction of sp³-hybridized carbons (Fsp3) is 0.538. The van der Waals surface area contributed by atoms with Crippen LogP contribution in [-0.4, -0.2) is 33.4 Å². The summed E-state index contributed by atoms with van der Waals surface area (Å²) in [4.78, 5) is 0. The maximum absolute atomic E-state index is 5.90. The van der Waals surface area contributed by atoms with E-state index in [0.717, 1.165) is 23.8 Å². The van der Waals surface area contributed by atoms with E-state index in [9.17, 15) is 0 Å². The average Bonchev–Trinajstić information content (AvgIpc) is 2.27. The van der Waals surface area contributed by atoms with Gasteiger partial charge in [0.05, 0.1) is 14.2 Å². The van der Waals surface area contributed by atoms with Gasteiger partial charge in [0.15, 0.2) is 0 Å². The van der Waals surface area contributed by atoms with Gasteiger partial charge in [-0.25, -0.2) is 0 Å². The van der Waals surface area contributed by atoms with Gasteiger partial charge in [-0.3, -0.25) is 0 Å². The van der Waals surface area contributed by atoms with Crippen LogP contribution < -0.4 is 19.5 Å². The van der Waals surface area contributed by atoms with Gasteiger partial charge in [0, 0.05) is 24.7 Å². The van der Waals surface area contributed by atoms with Crippen LogP contribution in [-0.2, 0) is 0 Å². The van der Waals surface area contributed by atoms with Crippen molar-refractivity contribution in [1.29, 1.82) is 0 Å². The van der Waals surface area contributed by atoms with Crippen LogP contribution in [0.15, 0.2) is 18.2 Å². The first-order chi connectivity index (χ1) is 8.00. The molecule has 0 unspecified atom stereocenters. The van der Waals surface area contributed by atoms with E-state index in [1.807, 2.05) is 39.1 Å². The zero-order valence-electron chi connectivity index (χ0n) is 11.2. The molecule has 0 fully saturated rings. The third kappa shape index (κ3) is 4.15. The molecule has 0 saturated carbocycles. The van der Waals surface area contributed by atoms with Crippen LogP contribution in [0.5, 0.6) is 17.2 Å². The molecule has 0 aliphatic heterocycles. The summed E-state index contributed by atoms with van der Waals surface area (Å²) in [6.07, 6.45) is 0. The summed E-state index contributed by atoms with van der Waals surface area (Å²) >= 11 is 0. The lowest BCUT2D eigenvalue weighted by Gasteiger charge is -2.26. The van der Waals surface area contributed by atoms with Crippen LogP contribution in [0.2, 0.25) is 0 Å². The summed E-state index contributed by atoms with van der Waals surface area (Å²) in [5.74, 6) is 2.18. The molecule has 1 aromatic rings. The normalized spacial score (nSPS) is 11.1. The number of hydrogen-bond donors (Lipinski definition) is 1. The van der Waals surface area contributed by atoms with Crippen molar-refractivity contribution in [3.63, 3.8) is 0 Å². The summed E-state index contributed by atoms with van der Waals surface area (Å²) in [5, 5.41) is 3.10. The second kappa shape index (κ2) is 5.77. The monoisotopic (exact) mass is 239 g/mol. The first-order valence-corrected chi connectivity index (χ1v) is 5.57. The van der Waals surface area contributed by atoms with Crippen LogP contribution in [0.4, 0.5) is 0 Å². The molecule has 0 atom stereocenters. The van der Waals surface area contributed by atoms with E-state index >= 15 is 0 Å². The maximum Gasteiger partial charge on any atom is 0.127 e. The Labute approximate surface area is 103 Å². The zero-order chi connectivity index (χ0) is 12.9. The van der Waals surface area contributed by atoms with Crippen LogP contribution in [0.3, 0.4) is 0 Å². The van der Waals surface area contributed by atoms with Gasteiger partial charge in [-0.1, -0.05) is 0 Å². The molecule has 0 radical (unpaired) electrons. The van der Waals surface area contributed by atoms with E-state index < -0.39 is 0 Å². The molecule has 1 aromatic carbocycles. The smallest absolute Gasteiger partial charge is 0.127 e. The van der Waals surface area contributed by atoms with E-state index in [1.165, 1.54) is 0 Å². The number of rotatable bonds is 6. The third-order valence-corrected chi connectivity index (χ3v) is 2.32. The van der Waals surface area contributed by atoms with Crippen molar-refractivity contribution in [1.82, 2.24) is 5.32 Å². The van der Waals surface area contributed by atoms with Gasteiger partial charge >= 0.3 is 0 Å².